The number of carbonyl (C=O) groups excluding carboxylic acids is 1. The fourth-order valence-electron chi connectivity index (χ4n) is 2.36. The number of sulfonamides is 1. The van der Waals surface area contributed by atoms with Crippen LogP contribution in [0.15, 0.2) is 24.3 Å². The molecule has 0 spiro atoms. The summed E-state index contributed by atoms with van der Waals surface area (Å²) in [7, 11) is -3.21. The van der Waals surface area contributed by atoms with Crippen LogP contribution in [-0.2, 0) is 10.0 Å². The largest absolute Gasteiger partial charge is 0.507 e. The van der Waals surface area contributed by atoms with E-state index >= 15 is 0 Å². The Kier molecular flexibility index (Phi) is 4.84. The third-order valence-corrected chi connectivity index (χ3v) is 5.10. The zero-order chi connectivity index (χ0) is 15.5. The highest BCUT2D eigenvalue weighted by Crippen LogP contribution is 2.20. The summed E-state index contributed by atoms with van der Waals surface area (Å²) in [5.74, 6) is -0.189. The number of carbonyl (C=O) groups is 1. The van der Waals surface area contributed by atoms with Gasteiger partial charge in [-0.2, -0.15) is 0 Å². The molecule has 0 atom stereocenters. The van der Waals surface area contributed by atoms with E-state index in [0.717, 1.165) is 0 Å². The molecule has 7 heteroatoms. The normalized spacial score (nSPS) is 16.9. The highest BCUT2D eigenvalue weighted by atomic mass is 32.2. The third kappa shape index (κ3) is 3.95. The first kappa shape index (κ1) is 15.8. The van der Waals surface area contributed by atoms with Gasteiger partial charge in [0.25, 0.3) is 5.91 Å². The predicted octanol–water partition coefficient (Wildman–Crippen LogP) is 0.936. The lowest BCUT2D eigenvalue weighted by atomic mass is 10.0. The van der Waals surface area contributed by atoms with Gasteiger partial charge in [-0.25, -0.2) is 13.1 Å². The Bertz CT molecular complexity index is 607. The third-order valence-electron chi connectivity index (χ3n) is 3.64. The number of rotatable bonds is 4. The monoisotopic (exact) mass is 312 g/mol. The van der Waals surface area contributed by atoms with Crippen molar-refractivity contribution >= 4 is 15.9 Å². The molecule has 116 valence electrons. The van der Waals surface area contributed by atoms with Gasteiger partial charge < -0.3 is 10.0 Å². The van der Waals surface area contributed by atoms with Crippen LogP contribution in [0.2, 0.25) is 0 Å². The van der Waals surface area contributed by atoms with E-state index in [1.54, 1.807) is 30.0 Å². The van der Waals surface area contributed by atoms with E-state index in [0.29, 0.717) is 25.9 Å². The SMILES string of the molecule is CCS(=O)(=O)NC1CCN(C(=O)c2ccccc2O)CC1. The summed E-state index contributed by atoms with van der Waals surface area (Å²) < 4.78 is 25.7. The Morgan fingerprint density at radius 2 is 1.95 bits per heavy atom. The molecule has 1 aliphatic rings. The number of piperidine rings is 1. The van der Waals surface area contributed by atoms with Gasteiger partial charge in [0.1, 0.15) is 5.75 Å². The number of nitrogens with one attached hydrogen (secondary N) is 1. The number of aromatic hydroxyl groups is 1. The standard InChI is InChI=1S/C14H20N2O4S/c1-2-21(19,20)15-11-7-9-16(10-8-11)14(18)12-5-3-4-6-13(12)17/h3-6,11,15,17H,2,7-10H2,1H3. The van der Waals surface area contributed by atoms with Crippen molar-refractivity contribution in [3.05, 3.63) is 29.8 Å². The molecule has 0 aromatic heterocycles. The lowest BCUT2D eigenvalue weighted by molar-refractivity contribution is 0.0708. The van der Waals surface area contributed by atoms with E-state index in [2.05, 4.69) is 4.72 Å². The minimum absolute atomic E-state index is 0.0312. The van der Waals surface area contributed by atoms with Gasteiger partial charge in [-0.1, -0.05) is 12.1 Å². The van der Waals surface area contributed by atoms with Gasteiger partial charge in [0.15, 0.2) is 0 Å². The van der Waals surface area contributed by atoms with Crippen molar-refractivity contribution in [2.45, 2.75) is 25.8 Å². The molecule has 1 fully saturated rings. The zero-order valence-corrected chi connectivity index (χ0v) is 12.8. The molecule has 1 aromatic rings. The molecule has 2 rings (SSSR count). The lowest BCUT2D eigenvalue weighted by Crippen LogP contribution is -2.46. The minimum Gasteiger partial charge on any atom is -0.507 e. The molecule has 0 bridgehead atoms. The average Bonchev–Trinajstić information content (AvgIpc) is 2.47. The van der Waals surface area contributed by atoms with Crippen LogP contribution in [-0.4, -0.2) is 49.2 Å². The van der Waals surface area contributed by atoms with Crippen molar-refractivity contribution in [1.82, 2.24) is 9.62 Å². The van der Waals surface area contributed by atoms with Gasteiger partial charge in [-0.05, 0) is 31.9 Å². The van der Waals surface area contributed by atoms with Crippen LogP contribution in [0.3, 0.4) is 0 Å². The Labute approximate surface area is 124 Å². The van der Waals surface area contributed by atoms with Gasteiger partial charge in [-0.3, -0.25) is 4.79 Å². The summed E-state index contributed by atoms with van der Waals surface area (Å²) >= 11 is 0. The van der Waals surface area contributed by atoms with Crippen LogP contribution in [0.4, 0.5) is 0 Å². The summed E-state index contributed by atoms with van der Waals surface area (Å²) in [5, 5.41) is 9.71. The molecule has 0 saturated carbocycles. The molecule has 0 unspecified atom stereocenters. The van der Waals surface area contributed by atoms with E-state index in [1.165, 1.54) is 6.07 Å². The Hall–Kier alpha value is -1.60. The van der Waals surface area contributed by atoms with Crippen molar-refractivity contribution in [2.75, 3.05) is 18.8 Å². The molecule has 6 nitrogen and oxygen atoms in total. The molecule has 0 aliphatic carbocycles. The van der Waals surface area contributed by atoms with E-state index in [-0.39, 0.29) is 29.0 Å². The van der Waals surface area contributed by atoms with Gasteiger partial charge in [-0.15, -0.1) is 0 Å². The first-order chi connectivity index (χ1) is 9.93. The number of phenolic OH excluding ortho intramolecular Hbond substituents is 1. The lowest BCUT2D eigenvalue weighted by Gasteiger charge is -2.32. The minimum atomic E-state index is -3.21. The summed E-state index contributed by atoms with van der Waals surface area (Å²) in [6.45, 7) is 2.55. The molecule has 0 radical (unpaired) electrons. The van der Waals surface area contributed by atoms with E-state index in [1.807, 2.05) is 0 Å². The molecular formula is C14H20N2O4S. The maximum atomic E-state index is 12.3. The summed E-state index contributed by atoms with van der Waals surface area (Å²) in [6.07, 6.45) is 1.16. The second-order valence-corrected chi connectivity index (χ2v) is 7.15. The van der Waals surface area contributed by atoms with E-state index in [4.69, 9.17) is 0 Å². The number of phenols is 1. The summed E-state index contributed by atoms with van der Waals surface area (Å²) in [6, 6.07) is 6.31. The quantitative estimate of drug-likeness (QED) is 0.866. The second-order valence-electron chi connectivity index (χ2n) is 5.10. The molecule has 1 saturated heterocycles. The van der Waals surface area contributed by atoms with Gasteiger partial charge in [0.2, 0.25) is 10.0 Å². The van der Waals surface area contributed by atoms with Crippen molar-refractivity contribution in [3.63, 3.8) is 0 Å². The number of nitrogens with zero attached hydrogens (tertiary/aromatic N) is 1. The fraction of sp³-hybridized carbons (Fsp3) is 0.500. The molecular weight excluding hydrogens is 292 g/mol. The molecule has 1 aliphatic heterocycles. The number of amides is 1. The average molecular weight is 312 g/mol. The van der Waals surface area contributed by atoms with Crippen molar-refractivity contribution in [2.24, 2.45) is 0 Å². The van der Waals surface area contributed by atoms with Crippen LogP contribution in [0.5, 0.6) is 5.75 Å². The summed E-state index contributed by atoms with van der Waals surface area (Å²) in [4.78, 5) is 13.9. The maximum Gasteiger partial charge on any atom is 0.257 e. The van der Waals surface area contributed by atoms with E-state index in [9.17, 15) is 18.3 Å². The molecule has 1 heterocycles. The highest BCUT2D eigenvalue weighted by molar-refractivity contribution is 7.89. The molecule has 21 heavy (non-hydrogen) atoms. The van der Waals surface area contributed by atoms with Crippen LogP contribution in [0, 0.1) is 0 Å². The van der Waals surface area contributed by atoms with Gasteiger partial charge in [0, 0.05) is 19.1 Å². The second kappa shape index (κ2) is 6.44. The fourth-order valence-corrected chi connectivity index (χ4v) is 3.27. The first-order valence-corrected chi connectivity index (χ1v) is 8.65. The van der Waals surface area contributed by atoms with Gasteiger partial charge in [0.05, 0.1) is 11.3 Å². The Morgan fingerprint density at radius 1 is 1.33 bits per heavy atom. The molecule has 1 aromatic carbocycles. The topological polar surface area (TPSA) is 86.7 Å². The van der Waals surface area contributed by atoms with E-state index < -0.39 is 10.0 Å². The first-order valence-electron chi connectivity index (χ1n) is 7.00. The maximum absolute atomic E-state index is 12.3. The Morgan fingerprint density at radius 3 is 2.52 bits per heavy atom. The number of hydrogen-bond donors (Lipinski definition) is 2. The van der Waals surface area contributed by atoms with Crippen molar-refractivity contribution in [1.29, 1.82) is 0 Å². The molecule has 1 amide bonds. The molecule has 2 N–H and O–H groups in total. The van der Waals surface area contributed by atoms with Gasteiger partial charge >= 0.3 is 0 Å². The predicted molar refractivity (Wildman–Crippen MR) is 79.6 cm³/mol. The zero-order valence-electron chi connectivity index (χ0n) is 11.9. The van der Waals surface area contributed by atoms with Crippen LogP contribution in [0.1, 0.15) is 30.1 Å². The Balaban J connectivity index is 1.95. The number of hydrogen-bond acceptors (Lipinski definition) is 4. The van der Waals surface area contributed by atoms with Crippen molar-refractivity contribution < 1.29 is 18.3 Å². The van der Waals surface area contributed by atoms with Crippen molar-refractivity contribution in [3.8, 4) is 5.75 Å². The number of para-hydroxylation sites is 1. The smallest absolute Gasteiger partial charge is 0.257 e. The van der Waals surface area contributed by atoms with Crippen LogP contribution >= 0.6 is 0 Å². The van der Waals surface area contributed by atoms with Crippen LogP contribution in [0.25, 0.3) is 0 Å². The number of likely N-dealkylation sites (tertiary alicyclic amines) is 1. The highest BCUT2D eigenvalue weighted by Gasteiger charge is 2.26. The number of benzene rings is 1. The van der Waals surface area contributed by atoms with Crippen LogP contribution < -0.4 is 4.72 Å². The summed E-state index contributed by atoms with van der Waals surface area (Å²) in [5.41, 5.74) is 0.282.